The Bertz CT molecular complexity index is 510. The van der Waals surface area contributed by atoms with Crippen LogP contribution in [-0.2, 0) is 0 Å². The van der Waals surface area contributed by atoms with E-state index in [9.17, 15) is 18.8 Å². The predicted molar refractivity (Wildman–Crippen MR) is 65.3 cm³/mol. The van der Waals surface area contributed by atoms with Crippen LogP contribution in [0.15, 0.2) is 18.2 Å². The summed E-state index contributed by atoms with van der Waals surface area (Å²) in [6, 6.07) is 5.33. The second-order valence-corrected chi connectivity index (χ2v) is 4.81. The summed E-state index contributed by atoms with van der Waals surface area (Å²) in [7, 11) is 0. The molecule has 100 valence electrons. The molecule has 0 heterocycles. The lowest BCUT2D eigenvalue weighted by atomic mass is 9.82. The van der Waals surface area contributed by atoms with E-state index in [1.165, 1.54) is 6.07 Å². The van der Waals surface area contributed by atoms with Crippen LogP contribution in [-0.4, -0.2) is 11.4 Å². The van der Waals surface area contributed by atoms with Crippen molar-refractivity contribution in [3.05, 3.63) is 35.4 Å². The normalized spacial score (nSPS) is 17.5. The van der Waals surface area contributed by atoms with Crippen LogP contribution in [0.5, 0.6) is 0 Å². The maximum Gasteiger partial charge on any atom is 0.258 e. The minimum atomic E-state index is -0.996. The van der Waals surface area contributed by atoms with Gasteiger partial charge in [-0.3, -0.25) is 4.79 Å². The first-order chi connectivity index (χ1) is 9.08. The largest absolute Gasteiger partial charge is 0.334 e. The number of benzene rings is 1. The molecule has 1 fully saturated rings. The minimum absolute atomic E-state index is 0.519. The van der Waals surface area contributed by atoms with E-state index in [-0.39, 0.29) is 0 Å². The Morgan fingerprint density at radius 3 is 2.32 bits per heavy atom. The first kappa shape index (κ1) is 13.5. The molecule has 1 aromatic rings. The molecule has 0 radical (unpaired) electrons. The Kier molecular flexibility index (Phi) is 3.79. The highest BCUT2D eigenvalue weighted by Crippen LogP contribution is 2.28. The summed E-state index contributed by atoms with van der Waals surface area (Å²) < 4.78 is 27.0. The van der Waals surface area contributed by atoms with Crippen LogP contribution in [0.4, 0.5) is 8.78 Å². The molecule has 1 saturated carbocycles. The van der Waals surface area contributed by atoms with Crippen molar-refractivity contribution in [2.24, 2.45) is 0 Å². The molecule has 0 aliphatic heterocycles. The van der Waals surface area contributed by atoms with Crippen LogP contribution in [0.25, 0.3) is 0 Å². The van der Waals surface area contributed by atoms with Crippen molar-refractivity contribution in [1.29, 1.82) is 5.26 Å². The van der Waals surface area contributed by atoms with E-state index in [0.29, 0.717) is 12.8 Å². The third-order valence-corrected chi connectivity index (χ3v) is 3.46. The Morgan fingerprint density at radius 2 is 1.79 bits per heavy atom. The van der Waals surface area contributed by atoms with Gasteiger partial charge in [-0.1, -0.05) is 25.3 Å². The van der Waals surface area contributed by atoms with Crippen molar-refractivity contribution < 1.29 is 13.6 Å². The average Bonchev–Trinajstić information content (AvgIpc) is 2.39. The standard InChI is InChI=1S/C14H14F2N2O/c15-10-5-4-6-11(16)12(10)13(19)18-14(9-17)7-2-1-3-8-14/h4-6H,1-3,7-8H2,(H,18,19). The first-order valence-corrected chi connectivity index (χ1v) is 6.26. The lowest BCUT2D eigenvalue weighted by molar-refractivity contribution is 0.0894. The molecule has 0 bridgehead atoms. The zero-order valence-corrected chi connectivity index (χ0v) is 10.4. The van der Waals surface area contributed by atoms with Gasteiger partial charge in [0.05, 0.1) is 6.07 Å². The molecule has 2 rings (SSSR count). The molecule has 0 aromatic heterocycles. The summed E-state index contributed by atoms with van der Waals surface area (Å²) in [5, 5.41) is 11.7. The number of nitrogens with one attached hydrogen (secondary N) is 1. The maximum atomic E-state index is 13.5. The van der Waals surface area contributed by atoms with E-state index >= 15 is 0 Å². The van der Waals surface area contributed by atoms with Crippen molar-refractivity contribution in [3.8, 4) is 6.07 Å². The molecule has 1 aliphatic carbocycles. The summed E-state index contributed by atoms with van der Waals surface area (Å²) in [6.07, 6.45) is 3.70. The van der Waals surface area contributed by atoms with E-state index < -0.39 is 28.6 Å². The van der Waals surface area contributed by atoms with Crippen LogP contribution in [0.3, 0.4) is 0 Å². The third-order valence-electron chi connectivity index (χ3n) is 3.46. The van der Waals surface area contributed by atoms with Gasteiger partial charge in [-0.05, 0) is 25.0 Å². The SMILES string of the molecule is N#CC1(NC(=O)c2c(F)cccc2F)CCCCC1. The van der Waals surface area contributed by atoms with Crippen LogP contribution in [0, 0.1) is 23.0 Å². The quantitative estimate of drug-likeness (QED) is 0.892. The molecule has 0 saturated heterocycles. The molecule has 5 heteroatoms. The Morgan fingerprint density at radius 1 is 1.21 bits per heavy atom. The van der Waals surface area contributed by atoms with Gasteiger partial charge in [-0.25, -0.2) is 8.78 Å². The maximum absolute atomic E-state index is 13.5. The molecule has 1 aromatic carbocycles. The number of hydrogen-bond acceptors (Lipinski definition) is 2. The molecule has 1 aliphatic rings. The van der Waals surface area contributed by atoms with Crippen LogP contribution >= 0.6 is 0 Å². The first-order valence-electron chi connectivity index (χ1n) is 6.26. The Labute approximate surface area is 110 Å². The molecule has 0 spiro atoms. The number of hydrogen-bond donors (Lipinski definition) is 1. The van der Waals surface area contributed by atoms with E-state index in [4.69, 9.17) is 0 Å². The fraction of sp³-hybridized carbons (Fsp3) is 0.429. The van der Waals surface area contributed by atoms with Crippen LogP contribution in [0.1, 0.15) is 42.5 Å². The zero-order valence-electron chi connectivity index (χ0n) is 10.4. The molecule has 3 nitrogen and oxygen atoms in total. The smallest absolute Gasteiger partial charge is 0.258 e. The minimum Gasteiger partial charge on any atom is -0.334 e. The van der Waals surface area contributed by atoms with Crippen LogP contribution in [0.2, 0.25) is 0 Å². The topological polar surface area (TPSA) is 52.9 Å². The van der Waals surface area contributed by atoms with Gasteiger partial charge < -0.3 is 5.32 Å². The second-order valence-electron chi connectivity index (χ2n) is 4.81. The van der Waals surface area contributed by atoms with E-state index in [2.05, 4.69) is 11.4 Å². The molecule has 1 amide bonds. The number of carbonyl (C=O) groups excluding carboxylic acids is 1. The van der Waals surface area contributed by atoms with Crippen molar-refractivity contribution >= 4 is 5.91 Å². The van der Waals surface area contributed by atoms with Gasteiger partial charge in [0.25, 0.3) is 5.91 Å². The van der Waals surface area contributed by atoms with Crippen molar-refractivity contribution in [2.75, 3.05) is 0 Å². The van der Waals surface area contributed by atoms with Gasteiger partial charge in [0, 0.05) is 0 Å². The monoisotopic (exact) mass is 264 g/mol. The van der Waals surface area contributed by atoms with Crippen LogP contribution < -0.4 is 5.32 Å². The molecular formula is C14H14F2N2O. The highest BCUT2D eigenvalue weighted by Gasteiger charge is 2.35. The summed E-state index contributed by atoms with van der Waals surface area (Å²) in [6.45, 7) is 0. The summed E-state index contributed by atoms with van der Waals surface area (Å²) in [5.74, 6) is -2.69. The Hall–Kier alpha value is -1.96. The number of nitrogens with zero attached hydrogens (tertiary/aromatic N) is 1. The zero-order chi connectivity index (χ0) is 13.9. The van der Waals surface area contributed by atoms with Gasteiger partial charge in [0.1, 0.15) is 22.7 Å². The van der Waals surface area contributed by atoms with E-state index in [1.54, 1.807) is 0 Å². The van der Waals surface area contributed by atoms with E-state index in [0.717, 1.165) is 31.4 Å². The van der Waals surface area contributed by atoms with Gasteiger partial charge in [0.15, 0.2) is 0 Å². The lowest BCUT2D eigenvalue weighted by Crippen LogP contribution is -2.49. The molecule has 1 N–H and O–H groups in total. The highest BCUT2D eigenvalue weighted by atomic mass is 19.1. The predicted octanol–water partition coefficient (Wildman–Crippen LogP) is 2.92. The van der Waals surface area contributed by atoms with Gasteiger partial charge in [-0.2, -0.15) is 5.26 Å². The Balaban J connectivity index is 2.23. The molecule has 0 unspecified atom stereocenters. The number of halogens is 2. The number of nitriles is 1. The summed E-state index contributed by atoms with van der Waals surface area (Å²) >= 11 is 0. The number of amides is 1. The fourth-order valence-electron chi connectivity index (χ4n) is 2.41. The summed E-state index contributed by atoms with van der Waals surface area (Å²) in [5.41, 5.74) is -1.62. The average molecular weight is 264 g/mol. The van der Waals surface area contributed by atoms with E-state index in [1.807, 2.05) is 0 Å². The second kappa shape index (κ2) is 5.35. The molecule has 0 atom stereocenters. The summed E-state index contributed by atoms with van der Waals surface area (Å²) in [4.78, 5) is 12.0. The van der Waals surface area contributed by atoms with Gasteiger partial charge >= 0.3 is 0 Å². The van der Waals surface area contributed by atoms with Crippen molar-refractivity contribution in [2.45, 2.75) is 37.6 Å². The third kappa shape index (κ3) is 2.73. The number of carbonyl (C=O) groups is 1. The van der Waals surface area contributed by atoms with Crippen molar-refractivity contribution in [1.82, 2.24) is 5.32 Å². The highest BCUT2D eigenvalue weighted by molar-refractivity contribution is 5.95. The molecule has 19 heavy (non-hydrogen) atoms. The number of rotatable bonds is 2. The van der Waals surface area contributed by atoms with Gasteiger partial charge in [-0.15, -0.1) is 0 Å². The molecular weight excluding hydrogens is 250 g/mol. The lowest BCUT2D eigenvalue weighted by Gasteiger charge is -2.31. The van der Waals surface area contributed by atoms with Gasteiger partial charge in [0.2, 0.25) is 0 Å². The fourth-order valence-corrected chi connectivity index (χ4v) is 2.41. The van der Waals surface area contributed by atoms with Crippen molar-refractivity contribution in [3.63, 3.8) is 0 Å².